The van der Waals surface area contributed by atoms with Crippen LogP contribution in [0.15, 0.2) is 36.5 Å². The van der Waals surface area contributed by atoms with E-state index in [0.29, 0.717) is 23.7 Å². The van der Waals surface area contributed by atoms with Crippen molar-refractivity contribution >= 4 is 11.5 Å². The molecule has 2 aromatic rings. The molecule has 1 heterocycles. The van der Waals surface area contributed by atoms with Crippen LogP contribution in [0, 0.1) is 0 Å². The van der Waals surface area contributed by atoms with Gasteiger partial charge in [-0.15, -0.1) is 0 Å². The monoisotopic (exact) mass is 271 g/mol. The van der Waals surface area contributed by atoms with Crippen LogP contribution in [0.5, 0.6) is 0 Å². The molecule has 0 spiro atoms. The van der Waals surface area contributed by atoms with E-state index >= 15 is 0 Å². The first-order valence-corrected chi connectivity index (χ1v) is 7.07. The molecule has 4 heteroatoms. The molecular weight excluding hydrogens is 250 g/mol. The molecule has 0 aliphatic rings. The van der Waals surface area contributed by atoms with Crippen LogP contribution in [-0.4, -0.2) is 15.6 Å². The largest absolute Gasteiger partial charge is 0.398 e. The molecule has 2 rings (SSSR count). The second-order valence-corrected chi connectivity index (χ2v) is 4.94. The molecule has 4 nitrogen and oxygen atoms in total. The highest BCUT2D eigenvalue weighted by molar-refractivity contribution is 6.01. The Morgan fingerprint density at radius 2 is 1.95 bits per heavy atom. The first-order valence-electron chi connectivity index (χ1n) is 7.07. The van der Waals surface area contributed by atoms with Gasteiger partial charge in [-0.05, 0) is 31.0 Å². The van der Waals surface area contributed by atoms with E-state index in [4.69, 9.17) is 5.73 Å². The Hall–Kier alpha value is -2.10. The minimum Gasteiger partial charge on any atom is -0.398 e. The van der Waals surface area contributed by atoms with Gasteiger partial charge in [-0.25, -0.2) is 0 Å². The third-order valence-corrected chi connectivity index (χ3v) is 3.58. The minimum absolute atomic E-state index is 0.0119. The van der Waals surface area contributed by atoms with Gasteiger partial charge in [0.05, 0.1) is 18.2 Å². The summed E-state index contributed by atoms with van der Waals surface area (Å²) in [4.78, 5) is 12.2. The number of hydrogen-bond donors (Lipinski definition) is 1. The van der Waals surface area contributed by atoms with Crippen LogP contribution < -0.4 is 5.73 Å². The number of benzene rings is 1. The Balaban J connectivity index is 2.11. The summed E-state index contributed by atoms with van der Waals surface area (Å²) in [7, 11) is 0. The fraction of sp³-hybridized carbons (Fsp3) is 0.375. The molecule has 0 bridgehead atoms. The first-order chi connectivity index (χ1) is 9.65. The number of para-hydroxylation sites is 1. The zero-order chi connectivity index (χ0) is 14.5. The third kappa shape index (κ3) is 3.07. The second-order valence-electron chi connectivity index (χ2n) is 4.94. The van der Waals surface area contributed by atoms with Gasteiger partial charge in [-0.3, -0.25) is 9.48 Å². The van der Waals surface area contributed by atoms with E-state index in [0.717, 1.165) is 18.5 Å². The average Bonchev–Trinajstić information content (AvgIpc) is 2.89. The van der Waals surface area contributed by atoms with Crippen molar-refractivity contribution in [3.8, 4) is 0 Å². The Bertz CT molecular complexity index is 585. The van der Waals surface area contributed by atoms with Crippen molar-refractivity contribution in [2.45, 2.75) is 39.2 Å². The molecule has 0 aliphatic heterocycles. The summed E-state index contributed by atoms with van der Waals surface area (Å²) in [5, 5.41) is 4.50. The molecule has 20 heavy (non-hydrogen) atoms. The number of nitrogen functional groups attached to an aromatic ring is 1. The van der Waals surface area contributed by atoms with Gasteiger partial charge in [-0.1, -0.05) is 26.0 Å². The molecule has 2 N–H and O–H groups in total. The highest BCUT2D eigenvalue weighted by Gasteiger charge is 2.13. The number of nitrogens with two attached hydrogens (primary N) is 1. The van der Waals surface area contributed by atoms with E-state index in [1.54, 1.807) is 12.1 Å². The number of carbonyl (C=O) groups excluding carboxylic acids is 1. The predicted octanol–water partition coefficient (Wildman–Crippen LogP) is 3.25. The maximum Gasteiger partial charge on any atom is 0.170 e. The Morgan fingerprint density at radius 3 is 2.60 bits per heavy atom. The molecule has 0 amide bonds. The highest BCUT2D eigenvalue weighted by Crippen LogP contribution is 2.17. The van der Waals surface area contributed by atoms with Crippen LogP contribution in [0.2, 0.25) is 0 Å². The van der Waals surface area contributed by atoms with E-state index in [9.17, 15) is 4.79 Å². The van der Waals surface area contributed by atoms with E-state index in [1.807, 2.05) is 29.1 Å². The number of aromatic nitrogens is 2. The number of nitrogens with zero attached hydrogens (tertiary/aromatic N) is 2. The summed E-state index contributed by atoms with van der Waals surface area (Å²) in [5.74, 6) is 0.0119. The molecule has 106 valence electrons. The molecule has 1 aromatic carbocycles. The lowest BCUT2D eigenvalue weighted by atomic mass is 10.1. The zero-order valence-corrected chi connectivity index (χ0v) is 12.0. The third-order valence-electron chi connectivity index (χ3n) is 3.58. The average molecular weight is 271 g/mol. The van der Waals surface area contributed by atoms with Crippen LogP contribution in [0.3, 0.4) is 0 Å². The summed E-state index contributed by atoms with van der Waals surface area (Å²) >= 11 is 0. The number of Topliss-reactive ketones (excluding diaryl/α,β-unsaturated/α-hetero) is 1. The van der Waals surface area contributed by atoms with Crippen LogP contribution in [-0.2, 0) is 6.42 Å². The van der Waals surface area contributed by atoms with Crippen molar-refractivity contribution in [2.24, 2.45) is 0 Å². The maximum absolute atomic E-state index is 12.2. The lowest BCUT2D eigenvalue weighted by Crippen LogP contribution is -2.10. The van der Waals surface area contributed by atoms with E-state index in [1.165, 1.54) is 0 Å². The van der Waals surface area contributed by atoms with Crippen molar-refractivity contribution in [1.82, 2.24) is 9.78 Å². The van der Waals surface area contributed by atoms with Gasteiger partial charge in [0, 0.05) is 17.4 Å². The van der Waals surface area contributed by atoms with Crippen LogP contribution in [0.4, 0.5) is 5.69 Å². The SMILES string of the molecule is CCC(CC)n1ccc(CC(=O)c2ccccc2N)n1. The zero-order valence-electron chi connectivity index (χ0n) is 12.0. The van der Waals surface area contributed by atoms with Gasteiger partial charge >= 0.3 is 0 Å². The predicted molar refractivity (Wildman–Crippen MR) is 80.7 cm³/mol. The quantitative estimate of drug-likeness (QED) is 0.648. The lowest BCUT2D eigenvalue weighted by molar-refractivity contribution is 0.0992. The molecule has 0 aliphatic carbocycles. The fourth-order valence-electron chi connectivity index (χ4n) is 2.35. The smallest absolute Gasteiger partial charge is 0.170 e. The Morgan fingerprint density at radius 1 is 1.25 bits per heavy atom. The second kappa shape index (κ2) is 6.37. The van der Waals surface area contributed by atoms with Crippen molar-refractivity contribution in [2.75, 3.05) is 5.73 Å². The van der Waals surface area contributed by atoms with Crippen LogP contribution in [0.1, 0.15) is 48.8 Å². The summed E-state index contributed by atoms with van der Waals surface area (Å²) < 4.78 is 1.96. The molecule has 0 saturated heterocycles. The molecule has 0 fully saturated rings. The van der Waals surface area contributed by atoms with Gasteiger partial charge in [0.2, 0.25) is 0 Å². The van der Waals surface area contributed by atoms with Crippen LogP contribution in [0.25, 0.3) is 0 Å². The van der Waals surface area contributed by atoms with Crippen molar-refractivity contribution < 1.29 is 4.79 Å². The highest BCUT2D eigenvalue weighted by atomic mass is 16.1. The standard InChI is InChI=1S/C16H21N3O/c1-3-13(4-2)19-10-9-12(18-19)11-16(20)14-7-5-6-8-15(14)17/h5-10,13H,3-4,11,17H2,1-2H3. The molecular formula is C16H21N3O. The van der Waals surface area contributed by atoms with Gasteiger partial charge in [0.1, 0.15) is 0 Å². The normalized spacial score (nSPS) is 10.9. The van der Waals surface area contributed by atoms with Gasteiger partial charge in [0.15, 0.2) is 5.78 Å². The molecule has 0 unspecified atom stereocenters. The lowest BCUT2D eigenvalue weighted by Gasteiger charge is -2.12. The summed E-state index contributed by atoms with van der Waals surface area (Å²) in [6.45, 7) is 4.29. The number of ketones is 1. The number of carbonyl (C=O) groups is 1. The van der Waals surface area contributed by atoms with Crippen molar-refractivity contribution in [3.05, 3.63) is 47.8 Å². The Labute approximate surface area is 119 Å². The van der Waals surface area contributed by atoms with E-state index in [2.05, 4.69) is 18.9 Å². The first kappa shape index (κ1) is 14.3. The van der Waals surface area contributed by atoms with Crippen LogP contribution >= 0.6 is 0 Å². The number of hydrogen-bond acceptors (Lipinski definition) is 3. The van der Waals surface area contributed by atoms with Gasteiger partial charge in [0.25, 0.3) is 0 Å². The number of rotatable bonds is 6. The van der Waals surface area contributed by atoms with Crippen molar-refractivity contribution in [3.63, 3.8) is 0 Å². The Kier molecular flexibility index (Phi) is 4.56. The molecule has 0 atom stereocenters. The van der Waals surface area contributed by atoms with Gasteiger partial charge < -0.3 is 5.73 Å². The number of anilines is 1. The molecule has 1 aromatic heterocycles. The fourth-order valence-corrected chi connectivity index (χ4v) is 2.35. The summed E-state index contributed by atoms with van der Waals surface area (Å²) in [6.07, 6.45) is 4.32. The van der Waals surface area contributed by atoms with E-state index < -0.39 is 0 Å². The maximum atomic E-state index is 12.2. The molecule has 0 saturated carbocycles. The summed E-state index contributed by atoms with van der Waals surface area (Å²) in [6, 6.07) is 9.47. The van der Waals surface area contributed by atoms with Crippen molar-refractivity contribution in [1.29, 1.82) is 0 Å². The minimum atomic E-state index is 0.0119. The molecule has 0 radical (unpaired) electrons. The van der Waals surface area contributed by atoms with E-state index in [-0.39, 0.29) is 5.78 Å². The topological polar surface area (TPSA) is 60.9 Å². The summed E-state index contributed by atoms with van der Waals surface area (Å²) in [5.41, 5.74) is 7.72. The van der Waals surface area contributed by atoms with Gasteiger partial charge in [-0.2, -0.15) is 5.10 Å².